The van der Waals surface area contributed by atoms with Crippen molar-refractivity contribution in [2.45, 2.75) is 51.9 Å². The summed E-state index contributed by atoms with van der Waals surface area (Å²) in [6.45, 7) is 5.69. The third-order valence-electron chi connectivity index (χ3n) is 2.66. The first kappa shape index (κ1) is 18.8. The fourth-order valence-electron chi connectivity index (χ4n) is 1.22. The number of quaternary nitrogens is 1. The third kappa shape index (κ3) is 6.70. The number of aliphatic carboxylic acids is 1. The first-order valence-electron chi connectivity index (χ1n) is 6.51. The number of hydrogen-bond acceptors (Lipinski definition) is 5. The van der Waals surface area contributed by atoms with Gasteiger partial charge in [-0.25, -0.2) is 0 Å². The molecule has 0 saturated carbocycles. The zero-order chi connectivity index (χ0) is 16.7. The summed E-state index contributed by atoms with van der Waals surface area (Å²) in [6, 6.07) is -3.46. The van der Waals surface area contributed by atoms with Crippen LogP contribution in [0.1, 0.15) is 27.7 Å². The molecule has 9 heteroatoms. The van der Waals surface area contributed by atoms with Gasteiger partial charge in [0.05, 0.1) is 12.0 Å². The number of carbonyl (C=O) groups excluding carboxylic acids is 4. The van der Waals surface area contributed by atoms with Crippen molar-refractivity contribution in [3.8, 4) is 0 Å². The molecular formula is C12H22N4O5. The maximum Gasteiger partial charge on any atom is 0.278 e. The predicted octanol–water partition coefficient (Wildman–Crippen LogP) is -4.12. The summed E-state index contributed by atoms with van der Waals surface area (Å²) >= 11 is 0. The fraction of sp³-hybridized carbons (Fsp3) is 0.667. The molecule has 0 saturated heterocycles. The molecule has 4 atom stereocenters. The number of carboxylic acid groups (broad SMARTS) is 1. The predicted molar refractivity (Wildman–Crippen MR) is 70.2 cm³/mol. The van der Waals surface area contributed by atoms with Crippen LogP contribution in [0.15, 0.2) is 0 Å². The van der Waals surface area contributed by atoms with Gasteiger partial charge in [0.25, 0.3) is 5.91 Å². The molecule has 0 radical (unpaired) electrons. The maximum absolute atomic E-state index is 11.8. The highest BCUT2D eigenvalue weighted by Crippen LogP contribution is 1.90. The van der Waals surface area contributed by atoms with E-state index in [0.29, 0.717) is 0 Å². The smallest absolute Gasteiger partial charge is 0.278 e. The molecule has 120 valence electrons. The van der Waals surface area contributed by atoms with Crippen molar-refractivity contribution in [2.75, 3.05) is 0 Å². The van der Waals surface area contributed by atoms with Crippen molar-refractivity contribution in [2.24, 2.45) is 0 Å². The SMILES string of the molecule is C[C@H]([NH3+])C(=O)N[C@@H](C)C(=O)N[C@@H](C)C(=O)N[C@@H](C)C(=O)[O-]. The highest BCUT2D eigenvalue weighted by molar-refractivity contribution is 5.93. The molecule has 0 rings (SSSR count). The zero-order valence-corrected chi connectivity index (χ0v) is 12.6. The van der Waals surface area contributed by atoms with Crippen LogP contribution in [-0.4, -0.2) is 47.9 Å². The highest BCUT2D eigenvalue weighted by atomic mass is 16.4. The Labute approximate surface area is 122 Å². The summed E-state index contributed by atoms with van der Waals surface area (Å²) in [7, 11) is 0. The molecule has 0 aliphatic heterocycles. The van der Waals surface area contributed by atoms with Crippen LogP contribution < -0.4 is 26.8 Å². The molecule has 0 aromatic carbocycles. The molecule has 0 aliphatic rings. The van der Waals surface area contributed by atoms with Crippen LogP contribution in [-0.2, 0) is 19.2 Å². The van der Waals surface area contributed by atoms with Gasteiger partial charge in [0.15, 0.2) is 6.04 Å². The Morgan fingerprint density at radius 3 is 1.43 bits per heavy atom. The number of amides is 3. The number of carboxylic acids is 1. The van der Waals surface area contributed by atoms with Gasteiger partial charge >= 0.3 is 0 Å². The molecule has 3 amide bonds. The maximum atomic E-state index is 11.8. The number of hydrogen-bond donors (Lipinski definition) is 4. The zero-order valence-electron chi connectivity index (χ0n) is 12.6. The summed E-state index contributed by atoms with van der Waals surface area (Å²) in [5.41, 5.74) is 3.52. The van der Waals surface area contributed by atoms with Gasteiger partial charge in [-0.1, -0.05) is 0 Å². The molecule has 21 heavy (non-hydrogen) atoms. The summed E-state index contributed by atoms with van der Waals surface area (Å²) in [4.78, 5) is 45.3. The van der Waals surface area contributed by atoms with Crippen LogP contribution in [0, 0.1) is 0 Å². The summed E-state index contributed by atoms with van der Waals surface area (Å²) in [5, 5.41) is 17.5. The third-order valence-corrected chi connectivity index (χ3v) is 2.66. The quantitative estimate of drug-likeness (QED) is 0.376. The summed E-state index contributed by atoms with van der Waals surface area (Å²) in [6.07, 6.45) is 0. The van der Waals surface area contributed by atoms with Crippen molar-refractivity contribution in [1.29, 1.82) is 0 Å². The van der Waals surface area contributed by atoms with E-state index in [1.54, 1.807) is 6.92 Å². The monoisotopic (exact) mass is 302 g/mol. The van der Waals surface area contributed by atoms with E-state index in [1.807, 2.05) is 0 Å². The average molecular weight is 302 g/mol. The van der Waals surface area contributed by atoms with E-state index >= 15 is 0 Å². The Bertz CT molecular complexity index is 424. The van der Waals surface area contributed by atoms with E-state index < -0.39 is 42.0 Å². The normalized spacial score (nSPS) is 16.0. The fourth-order valence-corrected chi connectivity index (χ4v) is 1.22. The van der Waals surface area contributed by atoms with E-state index in [0.717, 1.165) is 0 Å². The number of nitrogens with one attached hydrogen (secondary N) is 3. The average Bonchev–Trinajstić information content (AvgIpc) is 2.37. The lowest BCUT2D eigenvalue weighted by Gasteiger charge is -2.21. The van der Waals surface area contributed by atoms with Crippen LogP contribution in [0.3, 0.4) is 0 Å². The molecular weight excluding hydrogens is 280 g/mol. The van der Waals surface area contributed by atoms with Crippen LogP contribution >= 0.6 is 0 Å². The van der Waals surface area contributed by atoms with Crippen molar-refractivity contribution < 1.29 is 30.0 Å². The van der Waals surface area contributed by atoms with Gasteiger partial charge in [0, 0.05) is 0 Å². The summed E-state index contributed by atoms with van der Waals surface area (Å²) < 4.78 is 0. The van der Waals surface area contributed by atoms with Gasteiger partial charge in [-0.05, 0) is 27.7 Å². The van der Waals surface area contributed by atoms with Crippen molar-refractivity contribution >= 4 is 23.7 Å². The van der Waals surface area contributed by atoms with Gasteiger partial charge in [-0.15, -0.1) is 0 Å². The first-order valence-corrected chi connectivity index (χ1v) is 6.51. The van der Waals surface area contributed by atoms with Crippen LogP contribution in [0.25, 0.3) is 0 Å². The van der Waals surface area contributed by atoms with Gasteiger partial charge in [0.1, 0.15) is 12.1 Å². The molecule has 9 nitrogen and oxygen atoms in total. The van der Waals surface area contributed by atoms with Crippen LogP contribution in [0.4, 0.5) is 0 Å². The minimum Gasteiger partial charge on any atom is -0.548 e. The van der Waals surface area contributed by atoms with E-state index in [4.69, 9.17) is 0 Å². The van der Waals surface area contributed by atoms with Crippen molar-refractivity contribution in [3.05, 3.63) is 0 Å². The van der Waals surface area contributed by atoms with Gasteiger partial charge in [-0.3, -0.25) is 14.4 Å². The number of rotatable bonds is 7. The second-order valence-corrected chi connectivity index (χ2v) is 4.91. The molecule has 6 N–H and O–H groups in total. The lowest BCUT2D eigenvalue weighted by atomic mass is 10.2. The standard InChI is InChI=1S/C12H22N4O5/c1-5(13)9(17)14-6(2)10(18)15-7(3)11(19)16-8(4)12(20)21/h5-8H,13H2,1-4H3,(H,14,17)(H,15,18)(H,16,19)(H,20,21)/t5-,6-,7-,8-/m0/s1. The Morgan fingerprint density at radius 2 is 1.10 bits per heavy atom. The molecule has 0 aromatic rings. The Balaban J connectivity index is 4.40. The van der Waals surface area contributed by atoms with Gasteiger partial charge in [0.2, 0.25) is 11.8 Å². The minimum atomic E-state index is -1.42. The number of carbonyl (C=O) groups is 4. The van der Waals surface area contributed by atoms with Crippen LogP contribution in [0.5, 0.6) is 0 Å². The van der Waals surface area contributed by atoms with E-state index in [9.17, 15) is 24.3 Å². The van der Waals surface area contributed by atoms with Gasteiger partial charge in [-0.2, -0.15) is 0 Å². The minimum absolute atomic E-state index is 0.389. The second kappa shape index (κ2) is 8.20. The lowest BCUT2D eigenvalue weighted by molar-refractivity contribution is -0.398. The Morgan fingerprint density at radius 1 is 0.762 bits per heavy atom. The Kier molecular flexibility index (Phi) is 7.36. The molecule has 0 spiro atoms. The van der Waals surface area contributed by atoms with E-state index in [-0.39, 0.29) is 5.91 Å². The molecule has 0 aliphatic carbocycles. The molecule has 0 unspecified atom stereocenters. The lowest BCUT2D eigenvalue weighted by Crippen LogP contribution is -2.67. The van der Waals surface area contributed by atoms with Crippen molar-refractivity contribution in [3.63, 3.8) is 0 Å². The second-order valence-electron chi connectivity index (χ2n) is 4.91. The molecule has 0 aromatic heterocycles. The topological polar surface area (TPSA) is 155 Å². The largest absolute Gasteiger partial charge is 0.548 e. The first-order chi connectivity index (χ1) is 9.56. The van der Waals surface area contributed by atoms with Gasteiger partial charge < -0.3 is 31.6 Å². The van der Waals surface area contributed by atoms with E-state index in [2.05, 4.69) is 21.7 Å². The molecule has 0 fully saturated rings. The molecule has 0 bridgehead atoms. The Hall–Kier alpha value is -2.16. The van der Waals surface area contributed by atoms with Crippen LogP contribution in [0.2, 0.25) is 0 Å². The summed E-state index contributed by atoms with van der Waals surface area (Å²) in [5.74, 6) is -3.04. The van der Waals surface area contributed by atoms with Crippen molar-refractivity contribution in [1.82, 2.24) is 16.0 Å². The highest BCUT2D eigenvalue weighted by Gasteiger charge is 2.23. The molecule has 0 heterocycles. The van der Waals surface area contributed by atoms with E-state index in [1.165, 1.54) is 20.8 Å².